The Morgan fingerprint density at radius 2 is 1.75 bits per heavy atom. The first-order chi connectivity index (χ1) is 9.70. The van der Waals surface area contributed by atoms with Gasteiger partial charge in [0.05, 0.1) is 5.02 Å². The van der Waals surface area contributed by atoms with Gasteiger partial charge in [0.1, 0.15) is 11.9 Å². The molecule has 2 rings (SSSR count). The van der Waals surface area contributed by atoms with Crippen LogP contribution in [0.3, 0.4) is 0 Å². The standard InChI is InChI=1S/C16H15Cl3O/c17-10-4-7-15(12-5-2-1-3-6-12)20-16-11-13(18)8-9-14(16)19/h1-3,5-6,8-9,11,15H,4,7,10H2/t15-/m1/s1. The van der Waals surface area contributed by atoms with E-state index in [4.69, 9.17) is 39.5 Å². The molecule has 0 saturated carbocycles. The van der Waals surface area contributed by atoms with Crippen molar-refractivity contribution in [3.63, 3.8) is 0 Å². The lowest BCUT2D eigenvalue weighted by atomic mass is 10.1. The van der Waals surface area contributed by atoms with Crippen LogP contribution in [0, 0.1) is 0 Å². The van der Waals surface area contributed by atoms with Crippen molar-refractivity contribution in [2.45, 2.75) is 18.9 Å². The van der Waals surface area contributed by atoms with E-state index >= 15 is 0 Å². The lowest BCUT2D eigenvalue weighted by Crippen LogP contribution is -2.08. The number of benzene rings is 2. The Labute approximate surface area is 134 Å². The maximum atomic E-state index is 6.15. The van der Waals surface area contributed by atoms with Crippen LogP contribution in [0.15, 0.2) is 48.5 Å². The molecular weight excluding hydrogens is 315 g/mol. The van der Waals surface area contributed by atoms with E-state index in [0.29, 0.717) is 21.7 Å². The number of rotatable bonds is 6. The molecule has 0 radical (unpaired) electrons. The Hall–Kier alpha value is -0.890. The fourth-order valence-electron chi connectivity index (χ4n) is 1.94. The van der Waals surface area contributed by atoms with Crippen molar-refractivity contribution in [1.29, 1.82) is 0 Å². The Kier molecular flexibility index (Phi) is 6.03. The van der Waals surface area contributed by atoms with Crippen LogP contribution in [0.4, 0.5) is 0 Å². The second kappa shape index (κ2) is 7.78. The molecule has 0 aliphatic heterocycles. The van der Waals surface area contributed by atoms with Gasteiger partial charge in [0.2, 0.25) is 0 Å². The summed E-state index contributed by atoms with van der Waals surface area (Å²) < 4.78 is 6.04. The van der Waals surface area contributed by atoms with Crippen molar-refractivity contribution in [2.24, 2.45) is 0 Å². The van der Waals surface area contributed by atoms with Crippen molar-refractivity contribution >= 4 is 34.8 Å². The molecule has 0 heterocycles. The van der Waals surface area contributed by atoms with E-state index < -0.39 is 0 Å². The van der Waals surface area contributed by atoms with E-state index in [1.165, 1.54) is 0 Å². The van der Waals surface area contributed by atoms with Crippen LogP contribution in [0.5, 0.6) is 5.75 Å². The first-order valence-electron chi connectivity index (χ1n) is 6.43. The molecule has 0 aliphatic rings. The summed E-state index contributed by atoms with van der Waals surface area (Å²) >= 11 is 17.9. The maximum Gasteiger partial charge on any atom is 0.140 e. The van der Waals surface area contributed by atoms with Gasteiger partial charge in [-0.1, -0.05) is 53.5 Å². The van der Waals surface area contributed by atoms with Gasteiger partial charge in [0.25, 0.3) is 0 Å². The van der Waals surface area contributed by atoms with Crippen LogP contribution in [-0.4, -0.2) is 5.88 Å². The topological polar surface area (TPSA) is 9.23 Å². The van der Waals surface area contributed by atoms with Crippen molar-refractivity contribution in [3.05, 3.63) is 64.1 Å². The number of ether oxygens (including phenoxy) is 1. The normalized spacial score (nSPS) is 12.2. The number of alkyl halides is 1. The first kappa shape index (κ1) is 15.5. The van der Waals surface area contributed by atoms with E-state index in [2.05, 4.69) is 0 Å². The fraction of sp³-hybridized carbons (Fsp3) is 0.250. The maximum absolute atomic E-state index is 6.15. The van der Waals surface area contributed by atoms with E-state index in [1.54, 1.807) is 18.2 Å². The summed E-state index contributed by atoms with van der Waals surface area (Å²) in [7, 11) is 0. The molecule has 2 aromatic rings. The van der Waals surface area contributed by atoms with Crippen LogP contribution in [-0.2, 0) is 0 Å². The van der Waals surface area contributed by atoms with Gasteiger partial charge in [-0.2, -0.15) is 0 Å². The third-order valence-corrected chi connectivity index (χ3v) is 3.75. The zero-order valence-corrected chi connectivity index (χ0v) is 13.1. The molecule has 4 heteroatoms. The van der Waals surface area contributed by atoms with Crippen LogP contribution < -0.4 is 4.74 Å². The average molecular weight is 330 g/mol. The van der Waals surface area contributed by atoms with Gasteiger partial charge in [0.15, 0.2) is 0 Å². The molecule has 0 N–H and O–H groups in total. The first-order valence-corrected chi connectivity index (χ1v) is 7.72. The summed E-state index contributed by atoms with van der Waals surface area (Å²) in [5, 5.41) is 1.16. The fourth-order valence-corrected chi connectivity index (χ4v) is 2.42. The summed E-state index contributed by atoms with van der Waals surface area (Å²) in [6.45, 7) is 0. The minimum Gasteiger partial charge on any atom is -0.484 e. The van der Waals surface area contributed by atoms with Crippen LogP contribution >= 0.6 is 34.8 Å². The molecule has 0 aromatic heterocycles. The summed E-state index contributed by atoms with van der Waals surface area (Å²) in [5.41, 5.74) is 1.11. The van der Waals surface area contributed by atoms with E-state index in [9.17, 15) is 0 Å². The van der Waals surface area contributed by atoms with Crippen molar-refractivity contribution < 1.29 is 4.74 Å². The van der Waals surface area contributed by atoms with Gasteiger partial charge in [-0.15, -0.1) is 11.6 Å². The molecule has 0 spiro atoms. The highest BCUT2D eigenvalue weighted by Gasteiger charge is 2.15. The summed E-state index contributed by atoms with van der Waals surface area (Å²) in [5.74, 6) is 1.21. The second-order valence-electron chi connectivity index (χ2n) is 4.42. The minimum absolute atomic E-state index is 0.0779. The summed E-state index contributed by atoms with van der Waals surface area (Å²) in [4.78, 5) is 0. The van der Waals surface area contributed by atoms with E-state index in [0.717, 1.165) is 18.4 Å². The molecule has 0 aliphatic carbocycles. The van der Waals surface area contributed by atoms with E-state index in [1.807, 2.05) is 30.3 Å². The molecule has 20 heavy (non-hydrogen) atoms. The third-order valence-electron chi connectivity index (χ3n) is 2.93. The van der Waals surface area contributed by atoms with Crippen LogP contribution in [0.2, 0.25) is 10.0 Å². The zero-order valence-electron chi connectivity index (χ0n) is 10.9. The van der Waals surface area contributed by atoms with Gasteiger partial charge >= 0.3 is 0 Å². The van der Waals surface area contributed by atoms with Crippen molar-refractivity contribution in [3.8, 4) is 5.75 Å². The summed E-state index contributed by atoms with van der Waals surface area (Å²) in [6.07, 6.45) is 1.63. The molecule has 0 saturated heterocycles. The highest BCUT2D eigenvalue weighted by molar-refractivity contribution is 6.34. The summed E-state index contributed by atoms with van der Waals surface area (Å²) in [6, 6.07) is 15.3. The van der Waals surface area contributed by atoms with Crippen LogP contribution in [0.1, 0.15) is 24.5 Å². The smallest absolute Gasteiger partial charge is 0.140 e. The van der Waals surface area contributed by atoms with Gasteiger partial charge < -0.3 is 4.74 Å². The molecule has 2 aromatic carbocycles. The molecule has 1 nitrogen and oxygen atoms in total. The van der Waals surface area contributed by atoms with Crippen molar-refractivity contribution in [1.82, 2.24) is 0 Å². The largest absolute Gasteiger partial charge is 0.484 e. The molecular formula is C16H15Cl3O. The lowest BCUT2D eigenvalue weighted by Gasteiger charge is -2.20. The predicted octanol–water partition coefficient (Wildman–Crippen LogP) is 6.13. The Bertz CT molecular complexity index is 543. The molecule has 0 unspecified atom stereocenters. The molecule has 1 atom stereocenters. The highest BCUT2D eigenvalue weighted by Crippen LogP contribution is 2.33. The van der Waals surface area contributed by atoms with E-state index in [-0.39, 0.29) is 6.10 Å². The molecule has 0 bridgehead atoms. The van der Waals surface area contributed by atoms with Gasteiger partial charge in [-0.25, -0.2) is 0 Å². The number of hydrogen-bond donors (Lipinski definition) is 0. The lowest BCUT2D eigenvalue weighted by molar-refractivity contribution is 0.194. The predicted molar refractivity (Wildman–Crippen MR) is 86.2 cm³/mol. The Balaban J connectivity index is 2.21. The molecule has 106 valence electrons. The zero-order chi connectivity index (χ0) is 14.4. The second-order valence-corrected chi connectivity index (χ2v) is 5.64. The Morgan fingerprint density at radius 3 is 2.45 bits per heavy atom. The monoisotopic (exact) mass is 328 g/mol. The van der Waals surface area contributed by atoms with Crippen LogP contribution in [0.25, 0.3) is 0 Å². The van der Waals surface area contributed by atoms with Gasteiger partial charge in [-0.05, 0) is 30.5 Å². The molecule has 0 fully saturated rings. The number of hydrogen-bond acceptors (Lipinski definition) is 1. The van der Waals surface area contributed by atoms with Gasteiger partial charge in [0, 0.05) is 17.0 Å². The average Bonchev–Trinajstić information content (AvgIpc) is 2.48. The quantitative estimate of drug-likeness (QED) is 0.579. The number of halogens is 3. The van der Waals surface area contributed by atoms with Gasteiger partial charge in [-0.3, -0.25) is 0 Å². The minimum atomic E-state index is -0.0779. The molecule has 0 amide bonds. The third kappa shape index (κ3) is 4.31. The SMILES string of the molecule is ClCCC[C@@H](Oc1cc(Cl)ccc1Cl)c1ccccc1. The highest BCUT2D eigenvalue weighted by atomic mass is 35.5. The Morgan fingerprint density at radius 1 is 1.00 bits per heavy atom. The van der Waals surface area contributed by atoms with Crippen molar-refractivity contribution in [2.75, 3.05) is 5.88 Å².